The number of halogens is 1. The summed E-state index contributed by atoms with van der Waals surface area (Å²) in [5, 5.41) is 16.5. The smallest absolute Gasteiger partial charge is 0.335 e. The number of aromatic carboxylic acids is 1. The molecular formula is C28H28ClN3O2. The summed E-state index contributed by atoms with van der Waals surface area (Å²) in [4.78, 5) is 15.3. The Hall–Kier alpha value is -3.05. The van der Waals surface area contributed by atoms with Gasteiger partial charge < -0.3 is 15.7 Å². The van der Waals surface area contributed by atoms with Crippen LogP contribution >= 0.6 is 11.6 Å². The molecule has 4 aliphatic carbocycles. The van der Waals surface area contributed by atoms with E-state index in [0.717, 1.165) is 39.8 Å². The van der Waals surface area contributed by atoms with Crippen molar-refractivity contribution in [3.63, 3.8) is 0 Å². The zero-order valence-corrected chi connectivity index (χ0v) is 19.7. The van der Waals surface area contributed by atoms with Crippen molar-refractivity contribution in [1.82, 2.24) is 4.98 Å². The summed E-state index contributed by atoms with van der Waals surface area (Å²) in [5.41, 5.74) is 4.63. The highest BCUT2D eigenvalue weighted by atomic mass is 35.5. The van der Waals surface area contributed by atoms with Crippen LogP contribution in [0.1, 0.15) is 54.4 Å². The molecule has 0 amide bonds. The number of hydrogen-bond donors (Lipinski definition) is 3. The maximum atomic E-state index is 11.2. The van der Waals surface area contributed by atoms with Gasteiger partial charge in [-0.2, -0.15) is 0 Å². The molecule has 0 radical (unpaired) electrons. The van der Waals surface area contributed by atoms with Crippen LogP contribution in [0.5, 0.6) is 0 Å². The Balaban J connectivity index is 1.15. The van der Waals surface area contributed by atoms with Gasteiger partial charge in [0.25, 0.3) is 0 Å². The Morgan fingerprint density at radius 1 is 0.882 bits per heavy atom. The van der Waals surface area contributed by atoms with Gasteiger partial charge in [-0.3, -0.25) is 0 Å². The first-order valence-corrected chi connectivity index (χ1v) is 12.5. The molecule has 4 aliphatic rings. The van der Waals surface area contributed by atoms with E-state index < -0.39 is 5.97 Å². The van der Waals surface area contributed by atoms with Crippen LogP contribution in [0.3, 0.4) is 0 Å². The number of carboxylic acid groups (broad SMARTS) is 1. The standard InChI is InChI=1S/C28H28ClN3O2/c29-24-13-21(28-14-17-9-18(15-28)11-19(10-17)16-28)1-6-25(24)31-22-2-4-23(5-3-22)32-26-12-20(27(33)34)7-8-30-26/h1-8,12-13,17-19,31H,9-11,14-16H2,(H,30,32)(H,33,34). The van der Waals surface area contributed by atoms with Crippen LogP contribution in [0.25, 0.3) is 0 Å². The largest absolute Gasteiger partial charge is 0.478 e. The van der Waals surface area contributed by atoms with Crippen molar-refractivity contribution in [2.24, 2.45) is 17.8 Å². The SMILES string of the molecule is O=C(O)c1ccnc(Nc2ccc(Nc3ccc(C45CC6CC(CC(C6)C4)C5)cc3Cl)cc2)c1. The summed E-state index contributed by atoms with van der Waals surface area (Å²) in [6, 6.07) is 17.4. The quantitative estimate of drug-likeness (QED) is 0.348. The van der Waals surface area contributed by atoms with E-state index in [9.17, 15) is 4.79 Å². The molecule has 0 atom stereocenters. The average molecular weight is 474 g/mol. The summed E-state index contributed by atoms with van der Waals surface area (Å²) in [5.74, 6) is 2.25. The van der Waals surface area contributed by atoms with Crippen LogP contribution < -0.4 is 10.6 Å². The molecule has 3 N–H and O–H groups in total. The maximum absolute atomic E-state index is 11.2. The van der Waals surface area contributed by atoms with Crippen molar-refractivity contribution < 1.29 is 9.90 Å². The summed E-state index contributed by atoms with van der Waals surface area (Å²) < 4.78 is 0. The molecule has 5 nitrogen and oxygen atoms in total. The van der Waals surface area contributed by atoms with Crippen LogP contribution in [-0.4, -0.2) is 16.1 Å². The minimum Gasteiger partial charge on any atom is -0.478 e. The number of aromatic nitrogens is 1. The predicted octanol–water partition coefficient (Wildman–Crippen LogP) is 7.39. The van der Waals surface area contributed by atoms with Crippen molar-refractivity contribution in [3.05, 3.63) is 76.9 Å². The third-order valence-corrected chi connectivity index (χ3v) is 8.38. The lowest BCUT2D eigenvalue weighted by atomic mass is 9.48. The molecule has 34 heavy (non-hydrogen) atoms. The lowest BCUT2D eigenvalue weighted by Crippen LogP contribution is -2.48. The normalized spacial score (nSPS) is 26.9. The Labute approximate surface area is 204 Å². The van der Waals surface area contributed by atoms with E-state index in [-0.39, 0.29) is 5.56 Å². The minimum atomic E-state index is -0.976. The van der Waals surface area contributed by atoms with Gasteiger partial charge in [0.05, 0.1) is 16.3 Å². The summed E-state index contributed by atoms with van der Waals surface area (Å²) in [7, 11) is 0. The number of rotatable bonds is 6. The Bertz CT molecular complexity index is 1210. The molecule has 2 aromatic carbocycles. The number of hydrogen-bond acceptors (Lipinski definition) is 4. The third kappa shape index (κ3) is 4.03. The summed E-state index contributed by atoms with van der Waals surface area (Å²) >= 11 is 6.77. The molecule has 1 heterocycles. The molecule has 174 valence electrons. The van der Waals surface area contributed by atoms with Crippen LogP contribution in [0.15, 0.2) is 60.8 Å². The third-order valence-electron chi connectivity index (χ3n) is 8.06. The second kappa shape index (κ2) is 8.31. The lowest BCUT2D eigenvalue weighted by molar-refractivity contribution is -0.00518. The van der Waals surface area contributed by atoms with E-state index in [4.69, 9.17) is 16.7 Å². The molecule has 0 saturated heterocycles. The van der Waals surface area contributed by atoms with Gasteiger partial charge in [-0.1, -0.05) is 17.7 Å². The Kier molecular flexibility index (Phi) is 5.25. The molecule has 0 spiro atoms. The number of carboxylic acids is 1. The highest BCUT2D eigenvalue weighted by molar-refractivity contribution is 6.33. The zero-order valence-electron chi connectivity index (χ0n) is 18.9. The number of benzene rings is 2. The summed E-state index contributed by atoms with van der Waals surface area (Å²) in [6.07, 6.45) is 9.81. The molecule has 0 unspecified atom stereocenters. The predicted molar refractivity (Wildman–Crippen MR) is 136 cm³/mol. The van der Waals surface area contributed by atoms with Gasteiger partial charge in [-0.25, -0.2) is 9.78 Å². The molecule has 4 saturated carbocycles. The topological polar surface area (TPSA) is 74.2 Å². The fourth-order valence-electron chi connectivity index (χ4n) is 6.98. The first-order chi connectivity index (χ1) is 16.5. The van der Waals surface area contributed by atoms with Crippen molar-refractivity contribution in [2.75, 3.05) is 10.6 Å². The molecular weight excluding hydrogens is 446 g/mol. The van der Waals surface area contributed by atoms with E-state index in [1.54, 1.807) is 0 Å². The molecule has 6 heteroatoms. The van der Waals surface area contributed by atoms with Gasteiger partial charge in [0, 0.05) is 17.6 Å². The van der Waals surface area contributed by atoms with Gasteiger partial charge in [-0.15, -0.1) is 0 Å². The number of nitrogens with one attached hydrogen (secondary N) is 2. The van der Waals surface area contributed by atoms with Crippen molar-refractivity contribution >= 4 is 40.5 Å². The van der Waals surface area contributed by atoms with Crippen molar-refractivity contribution in [1.29, 1.82) is 0 Å². The fourth-order valence-corrected chi connectivity index (χ4v) is 7.21. The number of pyridine rings is 1. The van der Waals surface area contributed by atoms with E-state index in [1.807, 2.05) is 24.3 Å². The zero-order chi connectivity index (χ0) is 23.3. The Morgan fingerprint density at radius 3 is 2.09 bits per heavy atom. The second-order valence-electron chi connectivity index (χ2n) is 10.5. The lowest BCUT2D eigenvalue weighted by Gasteiger charge is -2.57. The number of anilines is 4. The van der Waals surface area contributed by atoms with Crippen LogP contribution in [0.2, 0.25) is 5.02 Å². The van der Waals surface area contributed by atoms with Gasteiger partial charge in [0.15, 0.2) is 0 Å². The van der Waals surface area contributed by atoms with Gasteiger partial charge in [-0.05, 0) is 116 Å². The molecule has 7 rings (SSSR count). The maximum Gasteiger partial charge on any atom is 0.335 e. The van der Waals surface area contributed by atoms with Crippen molar-refractivity contribution in [3.8, 4) is 0 Å². The van der Waals surface area contributed by atoms with E-state index >= 15 is 0 Å². The van der Waals surface area contributed by atoms with Gasteiger partial charge in [0.2, 0.25) is 0 Å². The minimum absolute atomic E-state index is 0.197. The monoisotopic (exact) mass is 473 g/mol. The van der Waals surface area contributed by atoms with Crippen LogP contribution in [-0.2, 0) is 5.41 Å². The fraction of sp³-hybridized carbons (Fsp3) is 0.357. The molecule has 1 aromatic heterocycles. The molecule has 0 aliphatic heterocycles. The summed E-state index contributed by atoms with van der Waals surface area (Å²) in [6.45, 7) is 0. The molecule has 3 aromatic rings. The highest BCUT2D eigenvalue weighted by Crippen LogP contribution is 2.61. The van der Waals surface area contributed by atoms with Crippen LogP contribution in [0, 0.1) is 17.8 Å². The number of nitrogens with zero attached hydrogens (tertiary/aromatic N) is 1. The first kappa shape index (κ1) is 21.5. The Morgan fingerprint density at radius 2 is 1.50 bits per heavy atom. The van der Waals surface area contributed by atoms with Crippen LogP contribution in [0.4, 0.5) is 22.9 Å². The van der Waals surface area contributed by atoms with E-state index in [1.165, 1.54) is 62.4 Å². The highest BCUT2D eigenvalue weighted by Gasteiger charge is 2.51. The van der Waals surface area contributed by atoms with Crippen molar-refractivity contribution in [2.45, 2.75) is 43.9 Å². The number of carbonyl (C=O) groups is 1. The van der Waals surface area contributed by atoms with Gasteiger partial charge in [0.1, 0.15) is 5.82 Å². The molecule has 4 fully saturated rings. The first-order valence-electron chi connectivity index (χ1n) is 12.1. The molecule has 4 bridgehead atoms. The average Bonchev–Trinajstić information content (AvgIpc) is 2.81. The van der Waals surface area contributed by atoms with Gasteiger partial charge >= 0.3 is 5.97 Å². The second-order valence-corrected chi connectivity index (χ2v) is 10.9. The van der Waals surface area contributed by atoms with E-state index in [2.05, 4.69) is 33.8 Å². The van der Waals surface area contributed by atoms with E-state index in [0.29, 0.717) is 11.2 Å².